The van der Waals surface area contributed by atoms with Gasteiger partial charge in [0.2, 0.25) is 0 Å². The maximum absolute atomic E-state index is 3.58. The van der Waals surface area contributed by atoms with Gasteiger partial charge in [-0.1, -0.05) is 0 Å². The molecule has 1 heterocycles. The zero-order valence-corrected chi connectivity index (χ0v) is 10.1. The molecule has 2 rings (SSSR count). The van der Waals surface area contributed by atoms with Gasteiger partial charge in [0, 0.05) is 23.3 Å². The maximum Gasteiger partial charge on any atom is 0.0181 e. The van der Waals surface area contributed by atoms with Gasteiger partial charge in [-0.05, 0) is 58.2 Å². The molecule has 0 bridgehead atoms. The lowest BCUT2D eigenvalue weighted by Gasteiger charge is -2.23. The summed E-state index contributed by atoms with van der Waals surface area (Å²) in [4.78, 5) is 3.58. The number of fused-ring (bicyclic) bond motifs is 1. The average molecular weight is 206 g/mol. The van der Waals surface area contributed by atoms with Crippen LogP contribution in [0.4, 0.5) is 0 Å². The van der Waals surface area contributed by atoms with Gasteiger partial charge in [-0.3, -0.25) is 0 Å². The van der Waals surface area contributed by atoms with Gasteiger partial charge in [0.1, 0.15) is 0 Å². The van der Waals surface area contributed by atoms with Crippen molar-refractivity contribution in [1.82, 2.24) is 10.3 Å². The van der Waals surface area contributed by atoms with Gasteiger partial charge >= 0.3 is 0 Å². The van der Waals surface area contributed by atoms with Crippen molar-refractivity contribution >= 4 is 0 Å². The molecule has 0 unspecified atom stereocenters. The van der Waals surface area contributed by atoms with Crippen molar-refractivity contribution in [1.29, 1.82) is 0 Å². The molecule has 2 N–H and O–H groups in total. The van der Waals surface area contributed by atoms with Crippen LogP contribution in [0.5, 0.6) is 0 Å². The van der Waals surface area contributed by atoms with Gasteiger partial charge in [0.15, 0.2) is 0 Å². The number of hydrogen-bond donors (Lipinski definition) is 2. The Labute approximate surface area is 92.5 Å². The van der Waals surface area contributed by atoms with Crippen LogP contribution in [0.2, 0.25) is 0 Å². The van der Waals surface area contributed by atoms with E-state index in [2.05, 4.69) is 30.2 Å². The molecule has 0 spiro atoms. The van der Waals surface area contributed by atoms with Crippen molar-refractivity contribution < 1.29 is 0 Å². The van der Waals surface area contributed by atoms with E-state index in [1.165, 1.54) is 37.1 Å². The second-order valence-corrected chi connectivity index (χ2v) is 5.32. The lowest BCUT2D eigenvalue weighted by molar-refractivity contribution is 0.418. The van der Waals surface area contributed by atoms with E-state index in [1.54, 1.807) is 5.56 Å². The van der Waals surface area contributed by atoms with E-state index in [1.807, 2.05) is 7.05 Å². The van der Waals surface area contributed by atoms with Crippen LogP contribution < -0.4 is 5.32 Å². The summed E-state index contributed by atoms with van der Waals surface area (Å²) in [6.07, 6.45) is 6.31. The predicted molar refractivity (Wildman–Crippen MR) is 64.3 cm³/mol. The van der Waals surface area contributed by atoms with Crippen molar-refractivity contribution in [2.75, 3.05) is 7.05 Å². The number of likely N-dealkylation sites (N-methyl/N-ethyl adjacent to an activating group) is 1. The fourth-order valence-electron chi connectivity index (χ4n) is 2.33. The number of aromatic amines is 1. The summed E-state index contributed by atoms with van der Waals surface area (Å²) in [5, 5.41) is 3.35. The van der Waals surface area contributed by atoms with Crippen LogP contribution >= 0.6 is 0 Å². The lowest BCUT2D eigenvalue weighted by Crippen LogP contribution is -2.38. The minimum atomic E-state index is 0.188. The Morgan fingerprint density at radius 2 is 2.07 bits per heavy atom. The number of aryl methyl sites for hydroxylation is 2. The molecule has 0 saturated heterocycles. The molecule has 1 aliphatic carbocycles. The van der Waals surface area contributed by atoms with Crippen molar-refractivity contribution in [3.63, 3.8) is 0 Å². The number of hydrogen-bond acceptors (Lipinski definition) is 1. The van der Waals surface area contributed by atoms with E-state index in [0.717, 1.165) is 6.42 Å². The standard InChI is InChI=1S/C13H22N2/c1-13(2,14-3)9-11-8-10-6-4-5-7-12(10)15-11/h8,14-15H,4-7,9H2,1-3H3. The fourth-order valence-corrected chi connectivity index (χ4v) is 2.33. The molecule has 2 heteroatoms. The third kappa shape index (κ3) is 2.43. The van der Waals surface area contributed by atoms with Gasteiger partial charge in [-0.25, -0.2) is 0 Å². The van der Waals surface area contributed by atoms with E-state index in [9.17, 15) is 0 Å². The van der Waals surface area contributed by atoms with E-state index in [0.29, 0.717) is 0 Å². The highest BCUT2D eigenvalue weighted by Crippen LogP contribution is 2.23. The molecule has 0 aromatic carbocycles. The molecule has 0 radical (unpaired) electrons. The summed E-state index contributed by atoms with van der Waals surface area (Å²) in [6, 6.07) is 2.37. The van der Waals surface area contributed by atoms with Gasteiger partial charge < -0.3 is 10.3 Å². The van der Waals surface area contributed by atoms with Crippen LogP contribution in [0.15, 0.2) is 6.07 Å². The van der Waals surface area contributed by atoms with Crippen molar-refractivity contribution in [2.24, 2.45) is 0 Å². The minimum Gasteiger partial charge on any atom is -0.362 e. The highest BCUT2D eigenvalue weighted by atomic mass is 14.9. The van der Waals surface area contributed by atoms with Crippen LogP contribution in [0.3, 0.4) is 0 Å². The van der Waals surface area contributed by atoms with Crippen LogP contribution in [0, 0.1) is 0 Å². The Balaban J connectivity index is 2.13. The monoisotopic (exact) mass is 206 g/mol. The SMILES string of the molecule is CNC(C)(C)Cc1cc2c([nH]1)CCCC2. The molecule has 1 aromatic heterocycles. The number of aromatic nitrogens is 1. The maximum atomic E-state index is 3.58. The van der Waals surface area contributed by atoms with Crippen LogP contribution in [-0.4, -0.2) is 17.6 Å². The zero-order valence-electron chi connectivity index (χ0n) is 10.1. The Bertz CT molecular complexity index is 313. The van der Waals surface area contributed by atoms with Gasteiger partial charge in [-0.15, -0.1) is 0 Å². The fraction of sp³-hybridized carbons (Fsp3) is 0.692. The third-order valence-corrected chi connectivity index (χ3v) is 3.48. The molecule has 0 atom stereocenters. The molecule has 1 aromatic rings. The van der Waals surface area contributed by atoms with Crippen LogP contribution in [0.25, 0.3) is 0 Å². The lowest BCUT2D eigenvalue weighted by atomic mass is 9.96. The van der Waals surface area contributed by atoms with E-state index in [-0.39, 0.29) is 5.54 Å². The van der Waals surface area contributed by atoms with E-state index in [4.69, 9.17) is 0 Å². The van der Waals surface area contributed by atoms with Gasteiger partial charge in [0.25, 0.3) is 0 Å². The minimum absolute atomic E-state index is 0.188. The largest absolute Gasteiger partial charge is 0.362 e. The van der Waals surface area contributed by atoms with Gasteiger partial charge in [0.05, 0.1) is 0 Å². The molecule has 0 amide bonds. The quantitative estimate of drug-likeness (QED) is 0.781. The van der Waals surface area contributed by atoms with E-state index < -0.39 is 0 Å². The molecule has 0 saturated carbocycles. The zero-order chi connectivity index (χ0) is 10.9. The van der Waals surface area contributed by atoms with Gasteiger partial charge in [-0.2, -0.15) is 0 Å². The second kappa shape index (κ2) is 4.01. The summed E-state index contributed by atoms with van der Waals surface area (Å²) in [5.41, 5.74) is 4.63. The average Bonchev–Trinajstić information content (AvgIpc) is 2.58. The summed E-state index contributed by atoms with van der Waals surface area (Å²) in [7, 11) is 2.03. The summed E-state index contributed by atoms with van der Waals surface area (Å²) >= 11 is 0. The summed E-state index contributed by atoms with van der Waals surface area (Å²) < 4.78 is 0. The molecule has 0 fully saturated rings. The number of H-pyrrole nitrogens is 1. The molecular formula is C13H22N2. The highest BCUT2D eigenvalue weighted by molar-refractivity contribution is 5.28. The Morgan fingerprint density at radius 3 is 2.73 bits per heavy atom. The van der Waals surface area contributed by atoms with E-state index >= 15 is 0 Å². The first-order chi connectivity index (χ1) is 7.11. The smallest absolute Gasteiger partial charge is 0.0181 e. The van der Waals surface area contributed by atoms with Crippen molar-refractivity contribution in [3.8, 4) is 0 Å². The number of rotatable bonds is 3. The van der Waals surface area contributed by atoms with Crippen LogP contribution in [-0.2, 0) is 19.3 Å². The summed E-state index contributed by atoms with van der Waals surface area (Å²) in [6.45, 7) is 4.49. The highest BCUT2D eigenvalue weighted by Gasteiger charge is 2.19. The van der Waals surface area contributed by atoms with Crippen molar-refractivity contribution in [2.45, 2.75) is 51.5 Å². The molecule has 15 heavy (non-hydrogen) atoms. The topological polar surface area (TPSA) is 27.8 Å². The molecular weight excluding hydrogens is 184 g/mol. The van der Waals surface area contributed by atoms with Crippen LogP contribution in [0.1, 0.15) is 43.6 Å². The molecule has 1 aliphatic rings. The second-order valence-electron chi connectivity index (χ2n) is 5.32. The normalized spacial score (nSPS) is 16.5. The summed E-state index contributed by atoms with van der Waals surface area (Å²) in [5.74, 6) is 0. The molecule has 2 nitrogen and oxygen atoms in total. The Hall–Kier alpha value is -0.760. The molecule has 84 valence electrons. The third-order valence-electron chi connectivity index (χ3n) is 3.48. The molecule has 0 aliphatic heterocycles. The Kier molecular flexibility index (Phi) is 2.87. The first-order valence-corrected chi connectivity index (χ1v) is 5.99. The first-order valence-electron chi connectivity index (χ1n) is 5.99. The Morgan fingerprint density at radius 1 is 1.33 bits per heavy atom. The predicted octanol–water partition coefficient (Wildman–Crippen LogP) is 2.43. The van der Waals surface area contributed by atoms with Crippen molar-refractivity contribution in [3.05, 3.63) is 23.0 Å². The first kappa shape index (κ1) is 10.7. The number of nitrogens with one attached hydrogen (secondary N) is 2.